The largest absolute Gasteiger partial charge is 0.477 e. The molecule has 0 aromatic heterocycles. The van der Waals surface area contributed by atoms with E-state index >= 15 is 0 Å². The number of unbranched alkanes of at least 4 members (excludes halogenated alkanes) is 31. The zero-order valence-corrected chi connectivity index (χ0v) is 61.5. The number of nitrogens with one attached hydrogen (secondary N) is 3. The Hall–Kier alpha value is -3.26. The number of ether oxygens (including phenoxy) is 8. The second kappa shape index (κ2) is 52.0. The fraction of sp³-hybridized carbons (Fsp3) is 0.918. The summed E-state index contributed by atoms with van der Waals surface area (Å²) in [6.07, 6.45) is 2.81. The van der Waals surface area contributed by atoms with Crippen molar-refractivity contribution in [1.29, 1.82) is 0 Å². The molecule has 4 heterocycles. The molecule has 4 fully saturated rings. The Morgan fingerprint density at radius 2 is 0.981 bits per heavy atom. The lowest BCUT2D eigenvalue weighted by Crippen LogP contribution is -2.72. The Morgan fingerprint density at radius 1 is 0.515 bits per heavy atom. The molecule has 0 aromatic carbocycles. The first kappa shape index (κ1) is 92.1. The van der Waals surface area contributed by atoms with Gasteiger partial charge in [0.1, 0.15) is 98.1 Å². The third-order valence-electron chi connectivity index (χ3n) is 20.1. The molecule has 0 spiro atoms. The van der Waals surface area contributed by atoms with Crippen molar-refractivity contribution in [2.45, 2.75) is 386 Å². The minimum Gasteiger partial charge on any atom is -0.477 e. The molecule has 602 valence electrons. The highest BCUT2D eigenvalue weighted by atomic mass is 16.8. The van der Waals surface area contributed by atoms with E-state index in [1.165, 1.54) is 148 Å². The number of carboxylic acids is 1. The van der Waals surface area contributed by atoms with Crippen LogP contribution in [0.3, 0.4) is 0 Å². The summed E-state index contributed by atoms with van der Waals surface area (Å²) in [4.78, 5) is 52.2. The summed E-state index contributed by atoms with van der Waals surface area (Å²) < 4.78 is 47.9. The smallest absolute Gasteiger partial charge is 0.364 e. The maximum atomic E-state index is 13.6. The minimum atomic E-state index is -3.34. The van der Waals surface area contributed by atoms with E-state index in [9.17, 15) is 95.8 Å². The van der Waals surface area contributed by atoms with E-state index in [1.54, 1.807) is 6.08 Å². The van der Waals surface area contributed by atoms with Crippen LogP contribution in [0.2, 0.25) is 0 Å². The first-order valence-electron chi connectivity index (χ1n) is 38.7. The zero-order chi connectivity index (χ0) is 75.7. The van der Waals surface area contributed by atoms with Gasteiger partial charge >= 0.3 is 5.97 Å². The van der Waals surface area contributed by atoms with E-state index in [4.69, 9.17) is 37.9 Å². The molecule has 18 N–H and O–H groups in total. The van der Waals surface area contributed by atoms with Crippen molar-refractivity contribution in [1.82, 2.24) is 16.0 Å². The number of aliphatic hydroxyl groups is 14. The van der Waals surface area contributed by atoms with Crippen molar-refractivity contribution >= 4 is 23.7 Å². The number of hydrogen-bond acceptors (Lipinski definition) is 26. The van der Waals surface area contributed by atoms with Gasteiger partial charge in [-0.25, -0.2) is 4.79 Å². The Kier molecular flexibility index (Phi) is 46.5. The molecule has 30 heteroatoms. The first-order chi connectivity index (χ1) is 49.6. The van der Waals surface area contributed by atoms with Crippen LogP contribution in [0.1, 0.15) is 245 Å². The Balaban J connectivity index is 1.48. The van der Waals surface area contributed by atoms with Gasteiger partial charge in [-0.05, 0) is 19.3 Å². The molecule has 0 aromatic rings. The van der Waals surface area contributed by atoms with Gasteiger partial charge in [0.25, 0.3) is 5.79 Å². The molecule has 0 radical (unpaired) electrons. The summed E-state index contributed by atoms with van der Waals surface area (Å²) >= 11 is 0. The average Bonchev–Trinajstić information content (AvgIpc) is 0.747. The van der Waals surface area contributed by atoms with E-state index in [-0.39, 0.29) is 12.3 Å². The van der Waals surface area contributed by atoms with Gasteiger partial charge in [-0.3, -0.25) is 14.4 Å². The van der Waals surface area contributed by atoms with Gasteiger partial charge in [0.05, 0.1) is 57.3 Å². The summed E-state index contributed by atoms with van der Waals surface area (Å²) in [6, 6.07) is -4.71. The van der Waals surface area contributed by atoms with Crippen molar-refractivity contribution in [2.75, 3.05) is 39.6 Å². The Labute approximate surface area is 608 Å². The third kappa shape index (κ3) is 31.7. The maximum Gasteiger partial charge on any atom is 0.364 e. The van der Waals surface area contributed by atoms with Crippen molar-refractivity contribution in [3.05, 3.63) is 12.2 Å². The summed E-state index contributed by atoms with van der Waals surface area (Å²) in [6.45, 7) is -0.568. The molecule has 4 aliphatic heterocycles. The molecule has 0 bridgehead atoms. The van der Waals surface area contributed by atoms with Crippen LogP contribution >= 0.6 is 0 Å². The van der Waals surface area contributed by atoms with Gasteiger partial charge in [-0.2, -0.15) is 0 Å². The zero-order valence-electron chi connectivity index (χ0n) is 61.5. The monoisotopic (exact) mass is 1480 g/mol. The van der Waals surface area contributed by atoms with Crippen LogP contribution in [0.25, 0.3) is 0 Å². The van der Waals surface area contributed by atoms with Gasteiger partial charge in [0, 0.05) is 19.8 Å². The molecular formula is C73H133N3O27. The highest BCUT2D eigenvalue weighted by molar-refractivity contribution is 5.78. The first-order valence-corrected chi connectivity index (χ1v) is 38.7. The molecule has 4 rings (SSSR count). The maximum absolute atomic E-state index is 13.6. The fourth-order valence-corrected chi connectivity index (χ4v) is 13.9. The number of allylic oxidation sites excluding steroid dienone is 1. The van der Waals surface area contributed by atoms with Crippen molar-refractivity contribution in [2.24, 2.45) is 0 Å². The van der Waals surface area contributed by atoms with Gasteiger partial charge < -0.3 is 130 Å². The minimum absolute atomic E-state index is 0.155. The molecule has 103 heavy (non-hydrogen) atoms. The quantitative estimate of drug-likeness (QED) is 0.0307. The molecule has 4 saturated heterocycles. The second-order valence-corrected chi connectivity index (χ2v) is 28.6. The van der Waals surface area contributed by atoms with Crippen molar-refractivity contribution in [3.63, 3.8) is 0 Å². The summed E-state index contributed by atoms with van der Waals surface area (Å²) in [5.41, 5.74) is 0. The van der Waals surface area contributed by atoms with E-state index in [0.29, 0.717) is 12.8 Å². The van der Waals surface area contributed by atoms with Crippen molar-refractivity contribution in [3.8, 4) is 0 Å². The number of carboxylic acid groups (broad SMARTS) is 1. The molecule has 30 nitrogen and oxygen atoms in total. The SMILES string of the molecule is CCCCCCCCCCCCC/C=C/[C@@H](O)[C@H](CO[C@@H]1OC(CO)[C@@H](O[C@@H]2OC(CO)[C@H](O[C@@H]3OC(CO)[C@H](O)[C@H](O)C3NC(C)=O)[C@H](O[C@]3(C(=O)O)CC(O)[C@@H](NC(=O)CO)C([C@H](O)[C@H](O)CO)O3)C2O)[C@H](O)C1O)NC(=O)CCCCCCCCCCCCCCCCCCCCCCC. The molecular weight excluding hydrogens is 1350 g/mol. The van der Waals surface area contributed by atoms with Crippen LogP contribution in [0, 0.1) is 0 Å². The van der Waals surface area contributed by atoms with E-state index in [0.717, 1.165) is 58.3 Å². The standard InChI is InChI=1S/C73H133N3O27/c1-4-6-8-10-12-14-16-18-19-20-21-22-23-24-25-27-29-31-33-35-37-39-55(86)75-48(49(83)38-36-34-32-30-28-26-17-15-13-11-9-7-5-2)46-96-70-63(92)62(91)65(53(43-79)98-70)100-71-64(93)68(66(54(44-80)99-71)101-69-58(74-47(3)82)61(90)60(89)52(42-78)97-69)103-73(72(94)95)40-50(84)57(76-56(87)45-81)67(102-73)59(88)51(85)41-77/h36,38,48-54,57-71,77-81,83-85,88-93H,4-35,37,39-46H2,1-3H3,(H,74,82)(H,75,86)(H,76,87)(H,94,95)/b38-36+/t48-,49+,50?,51+,52?,53?,54?,57+,58?,59+,60-,61+,62+,63?,64?,65+,66-,67?,68+,69-,70+,71-,73-/m0/s1. The van der Waals surface area contributed by atoms with Crippen LogP contribution in [0.15, 0.2) is 12.2 Å². The normalized spacial score (nSPS) is 31.0. The number of aliphatic carboxylic acids is 1. The number of amides is 3. The van der Waals surface area contributed by atoms with Crippen LogP contribution < -0.4 is 16.0 Å². The van der Waals surface area contributed by atoms with Gasteiger partial charge in [-0.15, -0.1) is 0 Å². The number of aliphatic hydroxyl groups excluding tert-OH is 14. The van der Waals surface area contributed by atoms with Gasteiger partial charge in [0.15, 0.2) is 18.9 Å². The lowest BCUT2D eigenvalue weighted by atomic mass is 9.88. The molecule has 0 aliphatic carbocycles. The van der Waals surface area contributed by atoms with Crippen LogP contribution in [-0.2, 0) is 57.1 Å². The molecule has 0 saturated carbocycles. The summed E-state index contributed by atoms with van der Waals surface area (Å²) in [5, 5.41) is 173. The lowest BCUT2D eigenvalue weighted by molar-refractivity contribution is -0.401. The van der Waals surface area contributed by atoms with E-state index < -0.39 is 204 Å². The van der Waals surface area contributed by atoms with Crippen LogP contribution in [0.4, 0.5) is 0 Å². The van der Waals surface area contributed by atoms with Gasteiger partial charge in [-0.1, -0.05) is 219 Å². The lowest BCUT2D eigenvalue weighted by Gasteiger charge is -2.52. The molecule has 23 atom stereocenters. The van der Waals surface area contributed by atoms with Crippen LogP contribution in [-0.4, -0.2) is 280 Å². The fourth-order valence-electron chi connectivity index (χ4n) is 13.9. The molecule has 4 aliphatic rings. The molecule has 3 amide bonds. The van der Waals surface area contributed by atoms with E-state index in [2.05, 4.69) is 29.8 Å². The molecule has 8 unspecified atom stereocenters. The highest BCUT2D eigenvalue weighted by Gasteiger charge is 2.62. The number of carbonyl (C=O) groups is 4. The number of rotatable bonds is 56. The van der Waals surface area contributed by atoms with Crippen molar-refractivity contribution < 1.29 is 134 Å². The number of carbonyl (C=O) groups excluding carboxylic acids is 3. The summed E-state index contributed by atoms with van der Waals surface area (Å²) in [5.74, 6) is -7.85. The number of hydrogen-bond donors (Lipinski definition) is 18. The van der Waals surface area contributed by atoms with E-state index in [1.807, 2.05) is 6.08 Å². The average molecular weight is 1480 g/mol. The third-order valence-corrected chi connectivity index (χ3v) is 20.1. The summed E-state index contributed by atoms with van der Waals surface area (Å²) in [7, 11) is 0. The van der Waals surface area contributed by atoms with Crippen LogP contribution in [0.5, 0.6) is 0 Å². The predicted octanol–water partition coefficient (Wildman–Crippen LogP) is 2.45. The Morgan fingerprint density at radius 3 is 1.46 bits per heavy atom. The Bertz CT molecular complexity index is 2300. The second-order valence-electron chi connectivity index (χ2n) is 28.6. The topological polar surface area (TPSA) is 482 Å². The predicted molar refractivity (Wildman–Crippen MR) is 375 cm³/mol. The van der Waals surface area contributed by atoms with Gasteiger partial charge in [0.2, 0.25) is 17.7 Å². The highest BCUT2D eigenvalue weighted by Crippen LogP contribution is 2.40.